The number of aryl methyl sites for hydroxylation is 1. The third-order valence-corrected chi connectivity index (χ3v) is 3.88. The molecule has 3 amide bonds. The van der Waals surface area contributed by atoms with E-state index in [4.69, 9.17) is 0 Å². The largest absolute Gasteiger partial charge is 0.463 e. The summed E-state index contributed by atoms with van der Waals surface area (Å²) in [7, 11) is 0. The molecule has 0 atom stereocenters. The Morgan fingerprint density at radius 1 is 0.778 bits per heavy atom. The fraction of sp³-hybridized carbons (Fsp3) is 0.0476. The molecule has 6 nitrogen and oxygen atoms in total. The Balaban J connectivity index is 1.99. The van der Waals surface area contributed by atoms with Crippen molar-refractivity contribution >= 4 is 29.2 Å². The summed E-state index contributed by atoms with van der Waals surface area (Å²) in [6.07, 6.45) is -1.40. The van der Waals surface area contributed by atoms with Gasteiger partial charge in [-0.15, -0.1) is 5.01 Å². The van der Waals surface area contributed by atoms with Crippen LogP contribution < -0.4 is 10.3 Å². The topological polar surface area (TPSA) is 72.9 Å². The first-order chi connectivity index (χ1) is 13.1. The monoisotopic (exact) mass is 361 g/mol. The summed E-state index contributed by atoms with van der Waals surface area (Å²) < 4.78 is 0. The molecule has 0 aliphatic carbocycles. The Bertz CT molecular complexity index is 873. The molecule has 0 aliphatic rings. The molecule has 27 heavy (non-hydrogen) atoms. The zero-order chi connectivity index (χ0) is 19.2. The van der Waals surface area contributed by atoms with E-state index >= 15 is 0 Å². The first-order valence-corrected chi connectivity index (χ1v) is 8.37. The third-order valence-electron chi connectivity index (χ3n) is 3.88. The minimum absolute atomic E-state index is 0.512. The van der Waals surface area contributed by atoms with Gasteiger partial charge in [-0.25, -0.2) is 14.6 Å². The summed E-state index contributed by atoms with van der Waals surface area (Å²) in [5, 5.41) is 14.4. The number of carbonyl (C=O) groups excluding carboxylic acids is 1. The van der Waals surface area contributed by atoms with E-state index in [2.05, 4.69) is 5.32 Å². The predicted molar refractivity (Wildman–Crippen MR) is 105 cm³/mol. The van der Waals surface area contributed by atoms with Crippen LogP contribution in [0.3, 0.4) is 0 Å². The number of carboxylic acid groups (broad SMARTS) is 1. The van der Waals surface area contributed by atoms with Crippen LogP contribution in [0.5, 0.6) is 0 Å². The number of benzene rings is 3. The number of para-hydroxylation sites is 2. The highest BCUT2D eigenvalue weighted by Crippen LogP contribution is 2.27. The van der Waals surface area contributed by atoms with E-state index in [1.54, 1.807) is 60.7 Å². The zero-order valence-electron chi connectivity index (χ0n) is 14.7. The molecule has 3 aromatic rings. The molecule has 136 valence electrons. The number of hydrogen-bond donors (Lipinski definition) is 2. The fourth-order valence-electron chi connectivity index (χ4n) is 2.59. The van der Waals surface area contributed by atoms with Crippen molar-refractivity contribution in [3.8, 4) is 0 Å². The van der Waals surface area contributed by atoms with Crippen LogP contribution >= 0.6 is 0 Å². The Labute approximate surface area is 157 Å². The zero-order valence-corrected chi connectivity index (χ0v) is 14.7. The smallest absolute Gasteiger partial charge is 0.435 e. The summed E-state index contributed by atoms with van der Waals surface area (Å²) in [6, 6.07) is 24.1. The molecular formula is C21H19N3O3. The van der Waals surface area contributed by atoms with Gasteiger partial charge in [-0.3, -0.25) is 0 Å². The number of rotatable bonds is 4. The van der Waals surface area contributed by atoms with Crippen molar-refractivity contribution in [3.05, 3.63) is 90.5 Å². The van der Waals surface area contributed by atoms with E-state index in [0.29, 0.717) is 22.1 Å². The van der Waals surface area contributed by atoms with Crippen LogP contribution in [-0.2, 0) is 0 Å². The average Bonchev–Trinajstić information content (AvgIpc) is 2.68. The molecule has 0 unspecified atom stereocenters. The van der Waals surface area contributed by atoms with Gasteiger partial charge in [0.2, 0.25) is 0 Å². The molecule has 3 aromatic carbocycles. The normalized spacial score (nSPS) is 10.1. The van der Waals surface area contributed by atoms with E-state index in [0.717, 1.165) is 5.56 Å². The van der Waals surface area contributed by atoms with Gasteiger partial charge in [-0.2, -0.15) is 0 Å². The van der Waals surface area contributed by atoms with E-state index < -0.39 is 12.1 Å². The SMILES string of the molecule is Cc1ccc(NC(=O)N(C(=O)O)N(c2ccccc2)c2ccccc2)cc1. The van der Waals surface area contributed by atoms with Crippen molar-refractivity contribution in [2.75, 3.05) is 10.3 Å². The second-order valence-corrected chi connectivity index (χ2v) is 5.87. The van der Waals surface area contributed by atoms with Gasteiger partial charge in [0.15, 0.2) is 0 Å². The molecule has 0 fully saturated rings. The summed E-state index contributed by atoms with van der Waals surface area (Å²) in [4.78, 5) is 24.8. The first kappa shape index (κ1) is 18.0. The molecule has 0 radical (unpaired) electrons. The molecule has 3 rings (SSSR count). The second kappa shape index (κ2) is 8.05. The van der Waals surface area contributed by atoms with Gasteiger partial charge in [0.25, 0.3) is 0 Å². The Hall–Kier alpha value is -3.80. The average molecular weight is 361 g/mol. The number of carbonyl (C=O) groups is 2. The van der Waals surface area contributed by atoms with Crippen molar-refractivity contribution < 1.29 is 14.7 Å². The molecule has 0 bridgehead atoms. The van der Waals surface area contributed by atoms with Gasteiger partial charge in [0.05, 0.1) is 11.4 Å². The van der Waals surface area contributed by atoms with Crippen LogP contribution in [0.2, 0.25) is 0 Å². The number of amides is 3. The Morgan fingerprint density at radius 2 is 1.26 bits per heavy atom. The Morgan fingerprint density at radius 3 is 1.70 bits per heavy atom. The molecule has 0 aliphatic heterocycles. The minimum atomic E-state index is -1.40. The molecule has 0 saturated heterocycles. The van der Waals surface area contributed by atoms with Crippen LogP contribution in [0.1, 0.15) is 5.56 Å². The number of hydrazine groups is 1. The maximum Gasteiger partial charge on any atom is 0.435 e. The third kappa shape index (κ3) is 4.24. The Kier molecular flexibility index (Phi) is 5.37. The van der Waals surface area contributed by atoms with E-state index in [1.807, 2.05) is 31.2 Å². The van der Waals surface area contributed by atoms with Gasteiger partial charge < -0.3 is 10.4 Å². The quantitative estimate of drug-likeness (QED) is 0.622. The van der Waals surface area contributed by atoms with Crippen molar-refractivity contribution in [2.45, 2.75) is 6.92 Å². The highest BCUT2D eigenvalue weighted by Gasteiger charge is 2.30. The van der Waals surface area contributed by atoms with Gasteiger partial charge in [-0.05, 0) is 43.3 Å². The lowest BCUT2D eigenvalue weighted by Crippen LogP contribution is -2.49. The molecule has 6 heteroatoms. The van der Waals surface area contributed by atoms with Crippen molar-refractivity contribution in [3.63, 3.8) is 0 Å². The minimum Gasteiger partial charge on any atom is -0.463 e. The van der Waals surface area contributed by atoms with Crippen LogP contribution in [-0.4, -0.2) is 22.2 Å². The van der Waals surface area contributed by atoms with Crippen LogP contribution in [0, 0.1) is 6.92 Å². The summed E-state index contributed by atoms with van der Waals surface area (Å²) in [5.74, 6) is 0. The number of imide groups is 1. The summed E-state index contributed by atoms with van der Waals surface area (Å²) in [6.45, 7) is 1.93. The number of nitrogens with zero attached hydrogens (tertiary/aromatic N) is 2. The maximum absolute atomic E-state index is 12.8. The van der Waals surface area contributed by atoms with Crippen LogP contribution in [0.15, 0.2) is 84.9 Å². The highest BCUT2D eigenvalue weighted by atomic mass is 16.4. The number of hydrogen-bond acceptors (Lipinski definition) is 3. The second-order valence-electron chi connectivity index (χ2n) is 5.87. The predicted octanol–water partition coefficient (Wildman–Crippen LogP) is 5.26. The van der Waals surface area contributed by atoms with E-state index in [1.165, 1.54) is 5.01 Å². The standard InChI is InChI=1S/C21H19N3O3/c1-16-12-14-17(15-13-16)22-20(25)24(21(26)27)23(18-8-4-2-5-9-18)19-10-6-3-7-11-19/h2-15H,1H3,(H,22,25)(H,26,27). The number of urea groups is 1. The summed E-state index contributed by atoms with van der Waals surface area (Å²) >= 11 is 0. The van der Waals surface area contributed by atoms with Crippen molar-refractivity contribution in [1.82, 2.24) is 5.01 Å². The first-order valence-electron chi connectivity index (χ1n) is 8.37. The van der Waals surface area contributed by atoms with Crippen molar-refractivity contribution in [2.24, 2.45) is 0 Å². The summed E-state index contributed by atoms with van der Waals surface area (Å²) in [5.41, 5.74) is 2.64. The lowest BCUT2D eigenvalue weighted by Gasteiger charge is -2.32. The van der Waals surface area contributed by atoms with E-state index in [9.17, 15) is 14.7 Å². The van der Waals surface area contributed by atoms with Gasteiger partial charge in [0.1, 0.15) is 0 Å². The molecular weight excluding hydrogens is 342 g/mol. The lowest BCUT2D eigenvalue weighted by molar-refractivity contribution is 0.153. The molecule has 0 spiro atoms. The highest BCUT2D eigenvalue weighted by molar-refractivity contribution is 6.01. The van der Waals surface area contributed by atoms with Crippen molar-refractivity contribution in [1.29, 1.82) is 0 Å². The maximum atomic E-state index is 12.8. The van der Waals surface area contributed by atoms with Gasteiger partial charge in [-0.1, -0.05) is 54.1 Å². The molecule has 0 aromatic heterocycles. The molecule has 2 N–H and O–H groups in total. The lowest BCUT2D eigenvalue weighted by atomic mass is 10.2. The van der Waals surface area contributed by atoms with E-state index in [-0.39, 0.29) is 0 Å². The van der Waals surface area contributed by atoms with Crippen LogP contribution in [0.25, 0.3) is 0 Å². The van der Waals surface area contributed by atoms with Gasteiger partial charge >= 0.3 is 12.1 Å². The fourth-order valence-corrected chi connectivity index (χ4v) is 2.59. The molecule has 0 heterocycles. The number of anilines is 3. The van der Waals surface area contributed by atoms with Crippen LogP contribution in [0.4, 0.5) is 26.7 Å². The van der Waals surface area contributed by atoms with Gasteiger partial charge in [0, 0.05) is 5.69 Å². The molecule has 0 saturated carbocycles. The number of nitrogens with one attached hydrogen (secondary N) is 1.